The smallest absolute Gasteiger partial charge is 0.373 e. The Kier molecular flexibility index (Phi) is 6.48. The molecule has 0 amide bonds. The zero-order valence-corrected chi connectivity index (χ0v) is 12.6. The minimum Gasteiger partial charge on any atom is -0.373 e. The van der Waals surface area contributed by atoms with Crippen LogP contribution in [0, 0.1) is 0 Å². The second-order valence-corrected chi connectivity index (χ2v) is 6.52. The summed E-state index contributed by atoms with van der Waals surface area (Å²) in [7, 11) is -3.00. The van der Waals surface area contributed by atoms with Gasteiger partial charge in [0.2, 0.25) is 0 Å². The van der Waals surface area contributed by atoms with Crippen LogP contribution in [0.2, 0.25) is 6.55 Å². The Morgan fingerprint density at radius 3 is 1.06 bits per heavy atom. The van der Waals surface area contributed by atoms with Crippen LogP contribution in [-0.2, 0) is 13.6 Å². The zero-order chi connectivity index (χ0) is 13.5. The average Bonchev–Trinajstić information content (AvgIpc) is 2.21. The van der Waals surface area contributed by atoms with Crippen molar-refractivity contribution < 1.29 is 13.6 Å². The first-order chi connectivity index (χ1) is 7.75. The highest BCUT2D eigenvalue weighted by molar-refractivity contribution is 6.59. The molecule has 0 aliphatic heterocycles. The molecule has 17 heavy (non-hydrogen) atoms. The van der Waals surface area contributed by atoms with Gasteiger partial charge in [-0.15, -0.1) is 15.5 Å². The van der Waals surface area contributed by atoms with E-state index in [4.69, 9.17) is 13.6 Å². The summed E-state index contributed by atoms with van der Waals surface area (Å²) in [4.78, 5) is 0. The van der Waals surface area contributed by atoms with Crippen LogP contribution >= 0.6 is 0 Å². The van der Waals surface area contributed by atoms with E-state index in [0.29, 0.717) is 0 Å². The molecule has 0 aromatic rings. The van der Waals surface area contributed by atoms with Crippen molar-refractivity contribution in [1.82, 2.24) is 0 Å². The third-order valence-electron chi connectivity index (χ3n) is 1.18. The van der Waals surface area contributed by atoms with Crippen molar-refractivity contribution in [3.05, 3.63) is 0 Å². The third kappa shape index (κ3) is 8.44. The summed E-state index contributed by atoms with van der Waals surface area (Å²) in [6.07, 6.45) is 0. The SMILES string of the molecule is CC(C)=NO[Si](C)(ON=C(C)C)ON=C(C)C. The Morgan fingerprint density at radius 2 is 0.882 bits per heavy atom. The number of hydrogen-bond acceptors (Lipinski definition) is 6. The molecule has 0 atom stereocenters. The molecule has 0 radical (unpaired) electrons. The molecule has 0 aliphatic rings. The van der Waals surface area contributed by atoms with E-state index in [0.717, 1.165) is 17.1 Å². The fourth-order valence-corrected chi connectivity index (χ4v) is 1.72. The summed E-state index contributed by atoms with van der Waals surface area (Å²) in [5, 5.41) is 11.5. The lowest BCUT2D eigenvalue weighted by atomic mass is 10.5. The first-order valence-electron chi connectivity index (χ1n) is 5.33. The van der Waals surface area contributed by atoms with Gasteiger partial charge in [0.1, 0.15) is 0 Å². The van der Waals surface area contributed by atoms with Gasteiger partial charge in [0.25, 0.3) is 0 Å². The highest BCUT2D eigenvalue weighted by Crippen LogP contribution is 2.11. The molecule has 0 saturated carbocycles. The highest BCUT2D eigenvalue weighted by atomic mass is 28.4. The van der Waals surface area contributed by atoms with Gasteiger partial charge in [-0.1, -0.05) is 0 Å². The Morgan fingerprint density at radius 1 is 0.647 bits per heavy atom. The van der Waals surface area contributed by atoms with Crippen LogP contribution in [0.1, 0.15) is 41.5 Å². The molecular formula is C10H21N3O3Si. The maximum absolute atomic E-state index is 5.26. The number of rotatable bonds is 6. The van der Waals surface area contributed by atoms with Crippen LogP contribution in [0.3, 0.4) is 0 Å². The van der Waals surface area contributed by atoms with Gasteiger partial charge in [0.15, 0.2) is 0 Å². The van der Waals surface area contributed by atoms with E-state index >= 15 is 0 Å². The molecule has 0 heterocycles. The maximum Gasteiger partial charge on any atom is 0.759 e. The molecule has 0 aromatic carbocycles. The topological polar surface area (TPSA) is 64.8 Å². The van der Waals surface area contributed by atoms with Gasteiger partial charge in [-0.25, -0.2) is 0 Å². The van der Waals surface area contributed by atoms with Gasteiger partial charge < -0.3 is 13.6 Å². The molecule has 0 unspecified atom stereocenters. The van der Waals surface area contributed by atoms with E-state index in [2.05, 4.69) is 15.5 Å². The van der Waals surface area contributed by atoms with Gasteiger partial charge in [-0.05, 0) is 41.5 Å². The number of nitrogens with zero attached hydrogens (tertiary/aromatic N) is 3. The zero-order valence-electron chi connectivity index (χ0n) is 11.6. The molecule has 0 aromatic heterocycles. The summed E-state index contributed by atoms with van der Waals surface area (Å²) < 4.78 is 15.8. The predicted octanol–water partition coefficient (Wildman–Crippen LogP) is 2.79. The molecule has 0 rings (SSSR count). The van der Waals surface area contributed by atoms with E-state index < -0.39 is 8.80 Å². The lowest BCUT2D eigenvalue weighted by Gasteiger charge is -2.17. The van der Waals surface area contributed by atoms with E-state index in [-0.39, 0.29) is 0 Å². The van der Waals surface area contributed by atoms with Gasteiger partial charge in [0, 0.05) is 23.7 Å². The van der Waals surface area contributed by atoms with E-state index in [1.807, 2.05) is 41.5 Å². The van der Waals surface area contributed by atoms with Crippen molar-refractivity contribution in [2.24, 2.45) is 15.5 Å². The van der Waals surface area contributed by atoms with Gasteiger partial charge in [-0.2, -0.15) is 0 Å². The second-order valence-electron chi connectivity index (χ2n) is 4.25. The Hall–Kier alpha value is -1.37. The van der Waals surface area contributed by atoms with Gasteiger partial charge in [-0.3, -0.25) is 0 Å². The van der Waals surface area contributed by atoms with Gasteiger partial charge in [0.05, 0.1) is 0 Å². The predicted molar refractivity (Wildman–Crippen MR) is 71.2 cm³/mol. The van der Waals surface area contributed by atoms with Crippen molar-refractivity contribution in [2.45, 2.75) is 48.1 Å². The van der Waals surface area contributed by atoms with Crippen LogP contribution in [0.15, 0.2) is 15.5 Å². The summed E-state index contributed by atoms with van der Waals surface area (Å²) in [5.74, 6) is 0. The molecule has 0 saturated heterocycles. The van der Waals surface area contributed by atoms with Crippen LogP contribution < -0.4 is 0 Å². The molecule has 0 bridgehead atoms. The maximum atomic E-state index is 5.26. The fourth-order valence-electron chi connectivity index (χ4n) is 0.573. The van der Waals surface area contributed by atoms with Crippen LogP contribution in [0.5, 0.6) is 0 Å². The monoisotopic (exact) mass is 259 g/mol. The second kappa shape index (κ2) is 7.05. The normalized spacial score (nSPS) is 10.1. The van der Waals surface area contributed by atoms with Crippen molar-refractivity contribution in [1.29, 1.82) is 0 Å². The van der Waals surface area contributed by atoms with Crippen molar-refractivity contribution in [2.75, 3.05) is 0 Å². The molecule has 0 fully saturated rings. The Balaban J connectivity index is 4.73. The van der Waals surface area contributed by atoms with Crippen LogP contribution in [0.25, 0.3) is 0 Å². The molecule has 0 aliphatic carbocycles. The molecule has 0 spiro atoms. The summed E-state index contributed by atoms with van der Waals surface area (Å²) in [6, 6.07) is 0. The van der Waals surface area contributed by atoms with Crippen molar-refractivity contribution in [3.8, 4) is 0 Å². The van der Waals surface area contributed by atoms with E-state index in [9.17, 15) is 0 Å². The molecule has 7 heteroatoms. The lowest BCUT2D eigenvalue weighted by Crippen LogP contribution is -2.38. The van der Waals surface area contributed by atoms with E-state index in [1.165, 1.54) is 0 Å². The third-order valence-corrected chi connectivity index (χ3v) is 2.45. The highest BCUT2D eigenvalue weighted by Gasteiger charge is 2.45. The molecule has 6 nitrogen and oxygen atoms in total. The summed E-state index contributed by atoms with van der Waals surface area (Å²) in [5.41, 5.74) is 2.31. The van der Waals surface area contributed by atoms with Gasteiger partial charge >= 0.3 is 8.80 Å². The quantitative estimate of drug-likeness (QED) is 0.418. The lowest BCUT2D eigenvalue weighted by molar-refractivity contribution is 0.0727. The molecule has 0 N–H and O–H groups in total. The van der Waals surface area contributed by atoms with Crippen LogP contribution in [0.4, 0.5) is 0 Å². The van der Waals surface area contributed by atoms with Crippen molar-refractivity contribution in [3.63, 3.8) is 0 Å². The fraction of sp³-hybridized carbons (Fsp3) is 0.700. The summed E-state index contributed by atoms with van der Waals surface area (Å²) in [6.45, 7) is 12.6. The Bertz CT molecular complexity index is 277. The average molecular weight is 259 g/mol. The first-order valence-corrected chi connectivity index (χ1v) is 7.56. The first kappa shape index (κ1) is 15.6. The molecule has 98 valence electrons. The van der Waals surface area contributed by atoms with E-state index in [1.54, 1.807) is 6.55 Å². The van der Waals surface area contributed by atoms with Crippen LogP contribution in [-0.4, -0.2) is 25.9 Å². The Labute approximate surface area is 104 Å². The number of hydrogen-bond donors (Lipinski definition) is 0. The largest absolute Gasteiger partial charge is 0.759 e. The number of oxime groups is 3. The standard InChI is InChI=1S/C10H21N3O3Si/c1-8(2)11-14-17(7,15-12-9(3)4)16-13-10(5)6/h1-7H3. The summed E-state index contributed by atoms with van der Waals surface area (Å²) >= 11 is 0. The molecular weight excluding hydrogens is 238 g/mol. The minimum absolute atomic E-state index is 0.769. The van der Waals surface area contributed by atoms with Crippen molar-refractivity contribution >= 4 is 25.9 Å². The minimum atomic E-state index is -3.00.